The SMILES string of the molecule is COC(=O)CN1C(=O)CN(C(C)=O)C=C1c1ccccc1. The molecule has 6 nitrogen and oxygen atoms in total. The summed E-state index contributed by atoms with van der Waals surface area (Å²) in [5.41, 5.74) is 1.26. The molecule has 1 aromatic carbocycles. The van der Waals surface area contributed by atoms with Gasteiger partial charge in [0.15, 0.2) is 0 Å². The van der Waals surface area contributed by atoms with Gasteiger partial charge in [-0.15, -0.1) is 0 Å². The lowest BCUT2D eigenvalue weighted by atomic mass is 10.1. The van der Waals surface area contributed by atoms with Gasteiger partial charge < -0.3 is 9.64 Å². The Labute approximate surface area is 122 Å². The number of benzene rings is 1. The van der Waals surface area contributed by atoms with E-state index in [9.17, 15) is 14.4 Å². The highest BCUT2D eigenvalue weighted by molar-refractivity contribution is 5.96. The average Bonchev–Trinajstić information content (AvgIpc) is 2.49. The molecule has 0 N–H and O–H groups in total. The third-order valence-electron chi connectivity index (χ3n) is 3.16. The molecule has 0 saturated carbocycles. The normalized spacial score (nSPS) is 14.8. The molecule has 1 aromatic rings. The van der Waals surface area contributed by atoms with E-state index >= 15 is 0 Å². The first-order valence-corrected chi connectivity index (χ1v) is 6.44. The van der Waals surface area contributed by atoms with Crippen molar-refractivity contribution in [1.29, 1.82) is 0 Å². The van der Waals surface area contributed by atoms with Crippen molar-refractivity contribution in [2.24, 2.45) is 0 Å². The minimum atomic E-state index is -0.513. The summed E-state index contributed by atoms with van der Waals surface area (Å²) >= 11 is 0. The van der Waals surface area contributed by atoms with Crippen LogP contribution >= 0.6 is 0 Å². The third-order valence-corrected chi connectivity index (χ3v) is 3.16. The van der Waals surface area contributed by atoms with E-state index in [0.29, 0.717) is 5.70 Å². The molecule has 0 spiro atoms. The molecule has 1 heterocycles. The van der Waals surface area contributed by atoms with E-state index in [0.717, 1.165) is 5.56 Å². The van der Waals surface area contributed by atoms with E-state index in [1.165, 1.54) is 23.8 Å². The quantitative estimate of drug-likeness (QED) is 0.773. The van der Waals surface area contributed by atoms with Gasteiger partial charge in [0.25, 0.3) is 0 Å². The molecular formula is C15H16N2O4. The Morgan fingerprint density at radius 2 is 1.90 bits per heavy atom. The van der Waals surface area contributed by atoms with Gasteiger partial charge in [-0.05, 0) is 5.56 Å². The Bertz CT molecular complexity index is 595. The third kappa shape index (κ3) is 3.28. The Balaban J connectivity index is 2.42. The monoisotopic (exact) mass is 288 g/mol. The van der Waals surface area contributed by atoms with Crippen LogP contribution in [0.5, 0.6) is 0 Å². The van der Waals surface area contributed by atoms with Crippen molar-refractivity contribution in [3.05, 3.63) is 42.1 Å². The summed E-state index contributed by atoms with van der Waals surface area (Å²) in [6.45, 7) is 1.13. The number of hydrogen-bond donors (Lipinski definition) is 0. The zero-order valence-electron chi connectivity index (χ0n) is 11.9. The Morgan fingerprint density at radius 1 is 1.24 bits per heavy atom. The van der Waals surface area contributed by atoms with Crippen molar-refractivity contribution in [2.75, 3.05) is 20.2 Å². The molecule has 6 heteroatoms. The minimum absolute atomic E-state index is 0.0807. The number of ether oxygens (including phenoxy) is 1. The largest absolute Gasteiger partial charge is 0.468 e. The van der Waals surface area contributed by atoms with Gasteiger partial charge in [-0.2, -0.15) is 0 Å². The maximum atomic E-state index is 12.2. The number of carbonyl (C=O) groups excluding carboxylic acids is 3. The van der Waals surface area contributed by atoms with Crippen molar-refractivity contribution in [1.82, 2.24) is 9.80 Å². The molecule has 2 rings (SSSR count). The molecule has 0 radical (unpaired) electrons. The van der Waals surface area contributed by atoms with Crippen LogP contribution in [0.4, 0.5) is 0 Å². The van der Waals surface area contributed by atoms with Gasteiger partial charge >= 0.3 is 5.97 Å². The molecule has 0 unspecified atom stereocenters. The van der Waals surface area contributed by atoms with Crippen molar-refractivity contribution in [3.8, 4) is 0 Å². The van der Waals surface area contributed by atoms with E-state index in [4.69, 9.17) is 0 Å². The molecule has 0 fully saturated rings. The van der Waals surface area contributed by atoms with Crippen molar-refractivity contribution in [2.45, 2.75) is 6.92 Å². The smallest absolute Gasteiger partial charge is 0.325 e. The van der Waals surface area contributed by atoms with Crippen LogP contribution in [0, 0.1) is 0 Å². The maximum Gasteiger partial charge on any atom is 0.325 e. The Kier molecular flexibility index (Phi) is 4.37. The molecule has 0 atom stereocenters. The first kappa shape index (κ1) is 14.8. The molecule has 1 aliphatic rings. The molecule has 21 heavy (non-hydrogen) atoms. The lowest BCUT2D eigenvalue weighted by Crippen LogP contribution is -2.46. The van der Waals surface area contributed by atoms with Gasteiger partial charge in [0.05, 0.1) is 12.8 Å². The number of amides is 2. The summed E-state index contributed by atoms with van der Waals surface area (Å²) in [6.07, 6.45) is 1.59. The minimum Gasteiger partial charge on any atom is -0.468 e. The number of hydrogen-bond acceptors (Lipinski definition) is 4. The molecular weight excluding hydrogens is 272 g/mol. The lowest BCUT2D eigenvalue weighted by Gasteiger charge is -2.32. The summed E-state index contributed by atoms with van der Waals surface area (Å²) in [5, 5.41) is 0. The number of carbonyl (C=O) groups is 3. The van der Waals surface area contributed by atoms with E-state index in [1.54, 1.807) is 6.20 Å². The Morgan fingerprint density at radius 3 is 2.48 bits per heavy atom. The van der Waals surface area contributed by atoms with Crippen LogP contribution in [0.15, 0.2) is 36.5 Å². The van der Waals surface area contributed by atoms with Crippen LogP contribution in [0.1, 0.15) is 12.5 Å². The van der Waals surface area contributed by atoms with Crippen molar-refractivity contribution < 1.29 is 19.1 Å². The summed E-state index contributed by atoms with van der Waals surface area (Å²) in [5.74, 6) is -1.06. The number of methoxy groups -OCH3 is 1. The first-order chi connectivity index (χ1) is 10.0. The molecule has 110 valence electrons. The van der Waals surface area contributed by atoms with Gasteiger partial charge in [0.2, 0.25) is 11.8 Å². The molecule has 0 aromatic heterocycles. The van der Waals surface area contributed by atoms with Crippen LogP contribution in [0.25, 0.3) is 5.70 Å². The summed E-state index contributed by atoms with van der Waals surface area (Å²) in [7, 11) is 1.27. The van der Waals surface area contributed by atoms with Gasteiger partial charge in [0.1, 0.15) is 13.1 Å². The number of nitrogens with zero attached hydrogens (tertiary/aromatic N) is 2. The fourth-order valence-electron chi connectivity index (χ4n) is 2.04. The standard InChI is InChI=1S/C15H16N2O4/c1-11(18)16-8-13(12-6-4-3-5-7-12)17(14(19)9-16)10-15(20)21-2/h3-8H,9-10H2,1-2H3. The van der Waals surface area contributed by atoms with E-state index in [-0.39, 0.29) is 24.9 Å². The highest BCUT2D eigenvalue weighted by atomic mass is 16.5. The highest BCUT2D eigenvalue weighted by Gasteiger charge is 2.29. The van der Waals surface area contributed by atoms with E-state index in [1.807, 2.05) is 30.3 Å². The average molecular weight is 288 g/mol. The second-order valence-corrected chi connectivity index (χ2v) is 4.58. The summed E-state index contributed by atoms with van der Waals surface area (Å²) in [6, 6.07) is 9.12. The zero-order chi connectivity index (χ0) is 15.4. The molecule has 0 aliphatic carbocycles. The Hall–Kier alpha value is -2.63. The molecule has 2 amide bonds. The summed E-state index contributed by atoms with van der Waals surface area (Å²) < 4.78 is 4.62. The van der Waals surface area contributed by atoms with Crippen molar-refractivity contribution in [3.63, 3.8) is 0 Å². The predicted molar refractivity (Wildman–Crippen MR) is 75.5 cm³/mol. The van der Waals surface area contributed by atoms with E-state index < -0.39 is 5.97 Å². The van der Waals surface area contributed by atoms with Crippen LogP contribution < -0.4 is 0 Å². The topological polar surface area (TPSA) is 66.9 Å². The molecule has 0 bridgehead atoms. The van der Waals surface area contributed by atoms with E-state index in [2.05, 4.69) is 4.74 Å². The number of rotatable bonds is 3. The highest BCUT2D eigenvalue weighted by Crippen LogP contribution is 2.24. The van der Waals surface area contributed by atoms with Gasteiger partial charge in [-0.25, -0.2) is 0 Å². The fraction of sp³-hybridized carbons (Fsp3) is 0.267. The maximum absolute atomic E-state index is 12.2. The predicted octanol–water partition coefficient (Wildman–Crippen LogP) is 0.849. The molecule has 0 saturated heterocycles. The van der Waals surface area contributed by atoms with Crippen LogP contribution in [0.2, 0.25) is 0 Å². The van der Waals surface area contributed by atoms with Gasteiger partial charge in [-0.3, -0.25) is 19.3 Å². The summed E-state index contributed by atoms with van der Waals surface area (Å²) in [4.78, 5) is 37.9. The first-order valence-electron chi connectivity index (χ1n) is 6.44. The van der Waals surface area contributed by atoms with Gasteiger partial charge in [0, 0.05) is 13.1 Å². The van der Waals surface area contributed by atoms with Crippen LogP contribution in [-0.2, 0) is 19.1 Å². The molecule has 1 aliphatic heterocycles. The second-order valence-electron chi connectivity index (χ2n) is 4.58. The number of esters is 1. The second kappa shape index (κ2) is 6.21. The van der Waals surface area contributed by atoms with Crippen molar-refractivity contribution >= 4 is 23.5 Å². The van der Waals surface area contributed by atoms with Gasteiger partial charge in [-0.1, -0.05) is 30.3 Å². The van der Waals surface area contributed by atoms with Crippen LogP contribution in [0.3, 0.4) is 0 Å². The zero-order valence-corrected chi connectivity index (χ0v) is 11.9. The lowest BCUT2D eigenvalue weighted by molar-refractivity contribution is -0.146. The van der Waals surface area contributed by atoms with Crippen LogP contribution in [-0.4, -0.2) is 47.8 Å². The fourth-order valence-corrected chi connectivity index (χ4v) is 2.04.